The average Bonchev–Trinajstić information content (AvgIpc) is 3.45. The number of nitriles is 1. The molecule has 3 amide bonds. The van der Waals surface area contributed by atoms with Crippen molar-refractivity contribution >= 4 is 35.1 Å². The number of thioether (sulfide) groups is 1. The van der Waals surface area contributed by atoms with Gasteiger partial charge in [0.2, 0.25) is 5.91 Å². The molecule has 0 spiro atoms. The van der Waals surface area contributed by atoms with Crippen LogP contribution in [0, 0.1) is 18.3 Å². The molecule has 0 saturated heterocycles. The standard InChI is InChI=1S/C36H33N5O4S/c1-22-18-27(45-26-12-7-8-23(19-26)21-44-30-13-6-5-9-24(30)20-37)14-15-28(22)41-29-16-17-38-35-31(29)32(40-36(41)43)33(46-35)34(42)39-25-10-3-2-4-11-25/h5-9,12-19,25,32-33H,2-4,10-11,21H2,1H3,(H,39,42)(H,40,43). The molecule has 0 radical (unpaired) electrons. The second-order valence-corrected chi connectivity index (χ2v) is 12.9. The van der Waals surface area contributed by atoms with E-state index in [0.29, 0.717) is 22.8 Å². The minimum atomic E-state index is -0.462. The Kier molecular flexibility index (Phi) is 8.24. The molecule has 232 valence electrons. The summed E-state index contributed by atoms with van der Waals surface area (Å²) < 4.78 is 12.1. The van der Waals surface area contributed by atoms with Gasteiger partial charge in [0.15, 0.2) is 0 Å². The van der Waals surface area contributed by atoms with Crippen LogP contribution in [0.15, 0.2) is 84.0 Å². The molecule has 1 fully saturated rings. The molecule has 3 aromatic carbocycles. The van der Waals surface area contributed by atoms with Gasteiger partial charge in [0.25, 0.3) is 0 Å². The molecule has 1 aliphatic carbocycles. The molecule has 1 saturated carbocycles. The van der Waals surface area contributed by atoms with Gasteiger partial charge in [0.05, 0.1) is 23.0 Å². The van der Waals surface area contributed by atoms with Crippen molar-refractivity contribution in [3.63, 3.8) is 0 Å². The van der Waals surface area contributed by atoms with Crippen molar-refractivity contribution in [2.24, 2.45) is 0 Å². The lowest BCUT2D eigenvalue weighted by Gasteiger charge is -2.35. The quantitative estimate of drug-likeness (QED) is 0.207. The van der Waals surface area contributed by atoms with E-state index in [4.69, 9.17) is 9.47 Å². The van der Waals surface area contributed by atoms with E-state index >= 15 is 0 Å². The van der Waals surface area contributed by atoms with E-state index in [-0.39, 0.29) is 24.6 Å². The molecule has 2 aliphatic heterocycles. The minimum Gasteiger partial charge on any atom is -0.488 e. The van der Waals surface area contributed by atoms with Crippen molar-refractivity contribution < 1.29 is 19.1 Å². The van der Waals surface area contributed by atoms with E-state index < -0.39 is 11.3 Å². The normalized spacial score (nSPS) is 18.7. The Morgan fingerprint density at radius 2 is 1.87 bits per heavy atom. The molecular weight excluding hydrogens is 598 g/mol. The number of benzene rings is 3. The van der Waals surface area contributed by atoms with E-state index in [0.717, 1.165) is 58.8 Å². The van der Waals surface area contributed by atoms with E-state index in [2.05, 4.69) is 21.7 Å². The van der Waals surface area contributed by atoms with Crippen molar-refractivity contribution in [1.82, 2.24) is 15.6 Å². The number of anilines is 2. The zero-order valence-electron chi connectivity index (χ0n) is 25.4. The van der Waals surface area contributed by atoms with Crippen LogP contribution in [0.25, 0.3) is 0 Å². The number of carbonyl (C=O) groups is 2. The van der Waals surface area contributed by atoms with Crippen LogP contribution in [0.5, 0.6) is 17.2 Å². The summed E-state index contributed by atoms with van der Waals surface area (Å²) in [5.74, 6) is 1.76. The molecule has 1 aromatic heterocycles. The van der Waals surface area contributed by atoms with E-state index in [1.165, 1.54) is 18.2 Å². The van der Waals surface area contributed by atoms with Crippen molar-refractivity contribution in [3.05, 3.63) is 101 Å². The summed E-state index contributed by atoms with van der Waals surface area (Å²) in [6.07, 6.45) is 7.19. The molecule has 0 bridgehead atoms. The van der Waals surface area contributed by atoms with E-state index in [1.807, 2.05) is 61.5 Å². The summed E-state index contributed by atoms with van der Waals surface area (Å²) in [5.41, 5.74) is 4.57. The lowest BCUT2D eigenvalue weighted by Crippen LogP contribution is -2.50. The second kappa shape index (κ2) is 12.8. The van der Waals surface area contributed by atoms with E-state index in [1.54, 1.807) is 29.3 Å². The molecule has 2 N–H and O–H groups in total. The number of urea groups is 1. The second-order valence-electron chi connectivity index (χ2n) is 11.8. The lowest BCUT2D eigenvalue weighted by atomic mass is 9.94. The third-order valence-corrected chi connectivity index (χ3v) is 9.95. The number of pyridine rings is 1. The number of carbonyl (C=O) groups excluding carboxylic acids is 2. The van der Waals surface area contributed by atoms with Crippen LogP contribution in [-0.2, 0) is 11.4 Å². The highest BCUT2D eigenvalue weighted by Crippen LogP contribution is 2.51. The van der Waals surface area contributed by atoms with Gasteiger partial charge in [-0.25, -0.2) is 9.78 Å². The topological polar surface area (TPSA) is 117 Å². The third kappa shape index (κ3) is 5.86. The van der Waals surface area contributed by atoms with Gasteiger partial charge in [-0.2, -0.15) is 5.26 Å². The largest absolute Gasteiger partial charge is 0.488 e. The molecule has 3 aliphatic rings. The molecule has 2 unspecified atom stereocenters. The van der Waals surface area contributed by atoms with Crippen LogP contribution in [0.3, 0.4) is 0 Å². The monoisotopic (exact) mass is 631 g/mol. The van der Waals surface area contributed by atoms with Gasteiger partial charge < -0.3 is 20.1 Å². The molecule has 9 nitrogen and oxygen atoms in total. The van der Waals surface area contributed by atoms with Gasteiger partial charge in [0, 0.05) is 17.8 Å². The Hall–Kier alpha value is -5.01. The van der Waals surface area contributed by atoms with Crippen LogP contribution >= 0.6 is 11.8 Å². The number of nitrogens with one attached hydrogen (secondary N) is 2. The molecular formula is C36H33N5O4S. The summed E-state index contributed by atoms with van der Waals surface area (Å²) in [4.78, 5) is 33.3. The number of rotatable bonds is 8. The highest BCUT2D eigenvalue weighted by Gasteiger charge is 2.47. The van der Waals surface area contributed by atoms with Gasteiger partial charge in [-0.05, 0) is 79.4 Å². The predicted molar refractivity (Wildman–Crippen MR) is 175 cm³/mol. The van der Waals surface area contributed by atoms with E-state index in [9.17, 15) is 14.9 Å². The van der Waals surface area contributed by atoms with Crippen molar-refractivity contribution in [1.29, 1.82) is 5.26 Å². The van der Waals surface area contributed by atoms with Crippen LogP contribution in [0.2, 0.25) is 0 Å². The summed E-state index contributed by atoms with van der Waals surface area (Å²) in [7, 11) is 0. The Balaban J connectivity index is 1.07. The molecule has 2 atom stereocenters. The van der Waals surface area contributed by atoms with Crippen LogP contribution < -0.4 is 25.0 Å². The molecule has 46 heavy (non-hydrogen) atoms. The summed E-state index contributed by atoms with van der Waals surface area (Å²) in [5, 5.41) is 16.0. The van der Waals surface area contributed by atoms with Gasteiger partial charge in [-0.3, -0.25) is 9.69 Å². The third-order valence-electron chi connectivity index (χ3n) is 8.66. The fourth-order valence-corrected chi connectivity index (χ4v) is 7.65. The van der Waals surface area contributed by atoms with Gasteiger partial charge >= 0.3 is 6.03 Å². The smallest absolute Gasteiger partial charge is 0.327 e. The number of hydrogen-bond donors (Lipinski definition) is 2. The van der Waals surface area contributed by atoms with Crippen molar-refractivity contribution in [2.75, 3.05) is 4.90 Å². The first-order valence-corrected chi connectivity index (χ1v) is 16.4. The number of amides is 3. The van der Waals surface area contributed by atoms with Gasteiger partial charge in [-0.1, -0.05) is 55.3 Å². The molecule has 3 heterocycles. The zero-order chi connectivity index (χ0) is 31.6. The SMILES string of the molecule is Cc1cc(Oc2cccc(COc3ccccc3C#N)c2)ccc1N1C(=O)NC2c3c1ccnc3SC2C(=O)NC1CCCCC1. The molecule has 4 aromatic rings. The first-order chi connectivity index (χ1) is 22.5. The highest BCUT2D eigenvalue weighted by molar-refractivity contribution is 8.01. The van der Waals surface area contributed by atoms with Crippen LogP contribution in [0.1, 0.15) is 60.4 Å². The number of para-hydroxylation sites is 1. The van der Waals surface area contributed by atoms with Crippen LogP contribution in [0.4, 0.5) is 16.2 Å². The molecule has 10 heteroatoms. The average molecular weight is 632 g/mol. The zero-order valence-corrected chi connectivity index (χ0v) is 26.2. The Labute approximate surface area is 271 Å². The number of nitrogens with zero attached hydrogens (tertiary/aromatic N) is 3. The summed E-state index contributed by atoms with van der Waals surface area (Å²) in [6, 6.07) is 23.8. The maximum atomic E-state index is 13.7. The van der Waals surface area contributed by atoms with Crippen molar-refractivity contribution in [2.45, 2.75) is 68.0 Å². The number of aromatic nitrogens is 1. The molecule has 7 rings (SSSR count). The number of ether oxygens (including phenoxy) is 2. The number of aryl methyl sites for hydroxylation is 1. The highest BCUT2D eigenvalue weighted by atomic mass is 32.2. The summed E-state index contributed by atoms with van der Waals surface area (Å²) >= 11 is 1.42. The van der Waals surface area contributed by atoms with Gasteiger partial charge in [0.1, 0.15) is 40.2 Å². The predicted octanol–water partition coefficient (Wildman–Crippen LogP) is 7.46. The maximum Gasteiger partial charge on any atom is 0.327 e. The van der Waals surface area contributed by atoms with Crippen LogP contribution in [-0.4, -0.2) is 28.2 Å². The Bertz CT molecular complexity index is 1850. The Morgan fingerprint density at radius 1 is 1.04 bits per heavy atom. The first kappa shape index (κ1) is 29.7. The summed E-state index contributed by atoms with van der Waals surface area (Å²) in [6.45, 7) is 2.23. The van der Waals surface area contributed by atoms with Gasteiger partial charge in [-0.15, -0.1) is 0 Å². The fraction of sp³-hybridized carbons (Fsp3) is 0.278. The first-order valence-electron chi connectivity index (χ1n) is 15.5. The fourth-order valence-electron chi connectivity index (χ4n) is 6.42. The lowest BCUT2D eigenvalue weighted by molar-refractivity contribution is -0.121. The number of hydrogen-bond acceptors (Lipinski definition) is 7. The minimum absolute atomic E-state index is 0.0418. The maximum absolute atomic E-state index is 13.7. The van der Waals surface area contributed by atoms with Crippen molar-refractivity contribution in [3.8, 4) is 23.3 Å². The Morgan fingerprint density at radius 3 is 2.70 bits per heavy atom.